The van der Waals surface area contributed by atoms with Gasteiger partial charge in [-0.2, -0.15) is 0 Å². The van der Waals surface area contributed by atoms with Crippen LogP contribution >= 0.6 is 0 Å². The normalized spacial score (nSPS) is 33.6. The van der Waals surface area contributed by atoms with Gasteiger partial charge in [-0.05, 0) is 49.4 Å². The van der Waals surface area contributed by atoms with Crippen molar-refractivity contribution < 1.29 is 0 Å². The van der Waals surface area contributed by atoms with E-state index in [1.165, 1.54) is 38.5 Å². The first kappa shape index (κ1) is 12.1. The van der Waals surface area contributed by atoms with Gasteiger partial charge in [0.05, 0.1) is 0 Å². The van der Waals surface area contributed by atoms with E-state index in [0.717, 1.165) is 23.7 Å². The van der Waals surface area contributed by atoms with Crippen molar-refractivity contribution in [3.8, 4) is 0 Å². The zero-order chi connectivity index (χ0) is 10.6. The van der Waals surface area contributed by atoms with Crippen molar-refractivity contribution in [2.45, 2.75) is 66.2 Å². The summed E-state index contributed by atoms with van der Waals surface area (Å²) in [6.07, 6.45) is 8.84. The van der Waals surface area contributed by atoms with Gasteiger partial charge in [0.15, 0.2) is 0 Å². The van der Waals surface area contributed by atoms with Crippen molar-refractivity contribution in [2.75, 3.05) is 0 Å². The molecule has 0 nitrogen and oxygen atoms in total. The largest absolute Gasteiger partial charge is 0.0654 e. The number of rotatable bonds is 4. The molecular weight excluding hydrogens is 168 g/mol. The average Bonchev–Trinajstić information content (AvgIpc) is 2.01. The Bertz CT molecular complexity index is 146. The molecule has 1 rings (SSSR count). The van der Waals surface area contributed by atoms with E-state index < -0.39 is 0 Å². The molecule has 0 amide bonds. The van der Waals surface area contributed by atoms with Gasteiger partial charge in [-0.25, -0.2) is 0 Å². The zero-order valence-corrected chi connectivity index (χ0v) is 10.6. The molecule has 0 aromatic heterocycles. The van der Waals surface area contributed by atoms with Gasteiger partial charge in [0.25, 0.3) is 0 Å². The van der Waals surface area contributed by atoms with E-state index in [1.54, 1.807) is 0 Å². The van der Waals surface area contributed by atoms with Gasteiger partial charge in [-0.1, -0.05) is 40.5 Å². The maximum absolute atomic E-state index is 2.45. The van der Waals surface area contributed by atoms with E-state index in [0.29, 0.717) is 0 Å². The lowest BCUT2D eigenvalue weighted by molar-refractivity contribution is 0.177. The molecule has 1 saturated carbocycles. The Morgan fingerprint density at radius 1 is 1.07 bits per heavy atom. The third-order valence-corrected chi connectivity index (χ3v) is 3.64. The third-order valence-electron chi connectivity index (χ3n) is 3.64. The van der Waals surface area contributed by atoms with Crippen molar-refractivity contribution in [3.05, 3.63) is 0 Å². The van der Waals surface area contributed by atoms with Crippen LogP contribution in [0.1, 0.15) is 66.2 Å². The molecule has 0 aliphatic heterocycles. The topological polar surface area (TPSA) is 0 Å². The summed E-state index contributed by atoms with van der Waals surface area (Å²) in [6.45, 7) is 9.52. The van der Waals surface area contributed by atoms with Crippen LogP contribution < -0.4 is 0 Å². The zero-order valence-electron chi connectivity index (χ0n) is 10.6. The van der Waals surface area contributed by atoms with Crippen LogP contribution in [0, 0.1) is 23.7 Å². The summed E-state index contributed by atoms with van der Waals surface area (Å²) >= 11 is 0. The quantitative estimate of drug-likeness (QED) is 0.601. The highest BCUT2D eigenvalue weighted by atomic mass is 14.3. The molecule has 0 spiro atoms. The van der Waals surface area contributed by atoms with E-state index in [-0.39, 0.29) is 0 Å². The van der Waals surface area contributed by atoms with E-state index in [4.69, 9.17) is 0 Å². The fourth-order valence-corrected chi connectivity index (χ4v) is 3.40. The third kappa shape index (κ3) is 4.02. The Morgan fingerprint density at radius 3 is 2.29 bits per heavy atom. The first-order chi connectivity index (χ1) is 6.61. The van der Waals surface area contributed by atoms with Gasteiger partial charge in [0.2, 0.25) is 0 Å². The summed E-state index contributed by atoms with van der Waals surface area (Å²) in [5.41, 5.74) is 0. The highest BCUT2D eigenvalue weighted by Gasteiger charge is 2.26. The lowest BCUT2D eigenvalue weighted by atomic mass is 9.72. The number of hydrogen-bond donors (Lipinski definition) is 0. The fraction of sp³-hybridized carbons (Fsp3) is 1.00. The molecule has 14 heavy (non-hydrogen) atoms. The first-order valence-electron chi connectivity index (χ1n) is 6.61. The highest BCUT2D eigenvalue weighted by molar-refractivity contribution is 4.77. The van der Waals surface area contributed by atoms with Crippen LogP contribution in [0.4, 0.5) is 0 Å². The SMILES string of the molecule is CCCC1CC(C)CC(CC(C)C)C1. The Morgan fingerprint density at radius 2 is 1.71 bits per heavy atom. The minimum absolute atomic E-state index is 0.896. The molecule has 1 aliphatic carbocycles. The Kier molecular flexibility index (Phi) is 4.98. The lowest BCUT2D eigenvalue weighted by Crippen LogP contribution is -2.22. The molecule has 0 radical (unpaired) electrons. The summed E-state index contributed by atoms with van der Waals surface area (Å²) in [6, 6.07) is 0. The fourth-order valence-electron chi connectivity index (χ4n) is 3.40. The molecule has 0 saturated heterocycles. The molecule has 1 aliphatic rings. The molecule has 0 aromatic rings. The minimum atomic E-state index is 0.896. The van der Waals surface area contributed by atoms with Crippen molar-refractivity contribution in [1.29, 1.82) is 0 Å². The van der Waals surface area contributed by atoms with Gasteiger partial charge >= 0.3 is 0 Å². The number of hydrogen-bond acceptors (Lipinski definition) is 0. The van der Waals surface area contributed by atoms with Crippen molar-refractivity contribution >= 4 is 0 Å². The molecular formula is C14H28. The van der Waals surface area contributed by atoms with Gasteiger partial charge in [0.1, 0.15) is 0 Å². The first-order valence-corrected chi connectivity index (χ1v) is 6.61. The minimum Gasteiger partial charge on any atom is -0.0654 e. The van der Waals surface area contributed by atoms with Gasteiger partial charge < -0.3 is 0 Å². The van der Waals surface area contributed by atoms with Crippen molar-refractivity contribution in [3.63, 3.8) is 0 Å². The maximum Gasteiger partial charge on any atom is -0.0407 e. The molecule has 0 aromatic carbocycles. The monoisotopic (exact) mass is 196 g/mol. The van der Waals surface area contributed by atoms with Crippen molar-refractivity contribution in [1.82, 2.24) is 0 Å². The van der Waals surface area contributed by atoms with E-state index >= 15 is 0 Å². The summed E-state index contributed by atoms with van der Waals surface area (Å²) in [5, 5.41) is 0. The van der Waals surface area contributed by atoms with Crippen LogP contribution in [0.15, 0.2) is 0 Å². The van der Waals surface area contributed by atoms with Crippen LogP contribution in [0.5, 0.6) is 0 Å². The second kappa shape index (κ2) is 5.78. The molecule has 84 valence electrons. The molecule has 0 N–H and O–H groups in total. The molecule has 0 heteroatoms. The van der Waals surface area contributed by atoms with Crippen LogP contribution in [-0.2, 0) is 0 Å². The Hall–Kier alpha value is 0. The van der Waals surface area contributed by atoms with E-state index in [2.05, 4.69) is 27.7 Å². The Labute approximate surface area is 90.5 Å². The van der Waals surface area contributed by atoms with Gasteiger partial charge in [-0.15, -0.1) is 0 Å². The van der Waals surface area contributed by atoms with Gasteiger partial charge in [0, 0.05) is 0 Å². The van der Waals surface area contributed by atoms with Crippen LogP contribution in [0.2, 0.25) is 0 Å². The predicted octanol–water partition coefficient (Wildman–Crippen LogP) is 4.89. The molecule has 0 heterocycles. The second-order valence-corrected chi connectivity index (χ2v) is 5.96. The standard InChI is InChI=1S/C14H28/c1-5-6-13-8-12(4)9-14(10-13)7-11(2)3/h11-14H,5-10H2,1-4H3. The average molecular weight is 196 g/mol. The predicted molar refractivity (Wildman–Crippen MR) is 64.4 cm³/mol. The van der Waals surface area contributed by atoms with Crippen LogP contribution in [-0.4, -0.2) is 0 Å². The summed E-state index contributed by atoms with van der Waals surface area (Å²) in [5.74, 6) is 3.97. The summed E-state index contributed by atoms with van der Waals surface area (Å²) in [7, 11) is 0. The molecule has 3 unspecified atom stereocenters. The van der Waals surface area contributed by atoms with Crippen molar-refractivity contribution in [2.24, 2.45) is 23.7 Å². The van der Waals surface area contributed by atoms with Gasteiger partial charge in [-0.3, -0.25) is 0 Å². The highest BCUT2D eigenvalue weighted by Crippen LogP contribution is 2.38. The molecule has 0 bridgehead atoms. The van der Waals surface area contributed by atoms with E-state index in [9.17, 15) is 0 Å². The summed E-state index contributed by atoms with van der Waals surface area (Å²) in [4.78, 5) is 0. The van der Waals surface area contributed by atoms with Crippen LogP contribution in [0.3, 0.4) is 0 Å². The summed E-state index contributed by atoms with van der Waals surface area (Å²) < 4.78 is 0. The van der Waals surface area contributed by atoms with Crippen LogP contribution in [0.25, 0.3) is 0 Å². The lowest BCUT2D eigenvalue weighted by Gasteiger charge is -2.34. The Balaban J connectivity index is 2.37. The van der Waals surface area contributed by atoms with E-state index in [1.807, 2.05) is 0 Å². The molecule has 1 fully saturated rings. The maximum atomic E-state index is 2.45. The molecule has 3 atom stereocenters. The second-order valence-electron chi connectivity index (χ2n) is 5.96. The smallest absolute Gasteiger partial charge is 0.0407 e.